The van der Waals surface area contributed by atoms with Crippen molar-refractivity contribution in [2.24, 2.45) is 0 Å². The van der Waals surface area contributed by atoms with E-state index in [0.717, 1.165) is 6.42 Å². The van der Waals surface area contributed by atoms with Crippen LogP contribution in [0.2, 0.25) is 5.02 Å². The van der Waals surface area contributed by atoms with Crippen LogP contribution >= 0.6 is 11.6 Å². The Morgan fingerprint density at radius 2 is 1.85 bits per heavy atom. The minimum Gasteiger partial charge on any atom is -0.306 e. The molecule has 1 unspecified atom stereocenters. The molecule has 0 radical (unpaired) electrons. The van der Waals surface area contributed by atoms with Gasteiger partial charge in [-0.2, -0.15) is 0 Å². The molecule has 1 atom stereocenters. The zero-order chi connectivity index (χ0) is 14.5. The second kappa shape index (κ2) is 6.87. The summed E-state index contributed by atoms with van der Waals surface area (Å²) in [5.74, 6) is -0.338. The Morgan fingerprint density at radius 3 is 2.50 bits per heavy atom. The van der Waals surface area contributed by atoms with Crippen LogP contribution in [0, 0.1) is 5.82 Å². The average molecular weight is 292 g/mol. The van der Waals surface area contributed by atoms with E-state index in [2.05, 4.69) is 43.4 Å². The summed E-state index contributed by atoms with van der Waals surface area (Å²) in [6.07, 6.45) is 1.04. The normalized spacial score (nSPS) is 12.4. The highest BCUT2D eigenvalue weighted by Gasteiger charge is 2.09. The first-order valence-corrected chi connectivity index (χ1v) is 7.24. The Balaban J connectivity index is 2.00. The molecule has 0 bridgehead atoms. The van der Waals surface area contributed by atoms with E-state index in [-0.39, 0.29) is 16.9 Å². The quantitative estimate of drug-likeness (QED) is 0.827. The monoisotopic (exact) mass is 291 g/mol. The van der Waals surface area contributed by atoms with E-state index in [9.17, 15) is 4.39 Å². The van der Waals surface area contributed by atoms with Crippen molar-refractivity contribution in [2.75, 3.05) is 0 Å². The lowest BCUT2D eigenvalue weighted by atomic mass is 10.0. The highest BCUT2D eigenvalue weighted by Crippen LogP contribution is 2.19. The van der Waals surface area contributed by atoms with Gasteiger partial charge < -0.3 is 5.32 Å². The summed E-state index contributed by atoms with van der Waals surface area (Å²) < 4.78 is 13.8. The fourth-order valence-corrected chi connectivity index (χ4v) is 2.30. The van der Waals surface area contributed by atoms with Crippen molar-refractivity contribution in [1.82, 2.24) is 5.32 Å². The van der Waals surface area contributed by atoms with Gasteiger partial charge in [-0.3, -0.25) is 0 Å². The summed E-state index contributed by atoms with van der Waals surface area (Å²) in [4.78, 5) is 0. The maximum Gasteiger partial charge on any atom is 0.146 e. The van der Waals surface area contributed by atoms with E-state index in [1.165, 1.54) is 11.1 Å². The van der Waals surface area contributed by atoms with E-state index >= 15 is 0 Å². The van der Waals surface area contributed by atoms with Crippen LogP contribution in [-0.2, 0) is 13.0 Å². The van der Waals surface area contributed by atoms with E-state index in [4.69, 9.17) is 11.6 Å². The number of rotatable bonds is 5. The van der Waals surface area contributed by atoms with E-state index < -0.39 is 0 Å². The molecule has 2 aromatic rings. The first-order valence-electron chi connectivity index (χ1n) is 6.87. The van der Waals surface area contributed by atoms with Crippen LogP contribution in [0.3, 0.4) is 0 Å². The number of hydrogen-bond acceptors (Lipinski definition) is 1. The SMILES string of the molecule is CCc1ccc(C(C)NCc2cccc(Cl)c2F)cc1. The summed E-state index contributed by atoms with van der Waals surface area (Å²) in [7, 11) is 0. The van der Waals surface area contributed by atoms with Gasteiger partial charge in [0.15, 0.2) is 0 Å². The summed E-state index contributed by atoms with van der Waals surface area (Å²) in [6.45, 7) is 4.67. The van der Waals surface area contributed by atoms with Crippen molar-refractivity contribution >= 4 is 11.6 Å². The van der Waals surface area contributed by atoms with Gasteiger partial charge in [0.2, 0.25) is 0 Å². The molecule has 1 N–H and O–H groups in total. The highest BCUT2D eigenvalue weighted by molar-refractivity contribution is 6.30. The molecule has 3 heteroatoms. The third-order valence-corrected chi connectivity index (χ3v) is 3.81. The molecule has 0 aliphatic heterocycles. The van der Waals surface area contributed by atoms with Gasteiger partial charge in [0.05, 0.1) is 5.02 Å². The minimum absolute atomic E-state index is 0.166. The predicted octanol–water partition coefficient (Wildman–Crippen LogP) is 4.89. The second-order valence-corrected chi connectivity index (χ2v) is 5.32. The molecule has 0 aliphatic rings. The van der Waals surface area contributed by atoms with Gasteiger partial charge >= 0.3 is 0 Å². The van der Waals surface area contributed by atoms with E-state index in [1.54, 1.807) is 18.2 Å². The topological polar surface area (TPSA) is 12.0 Å². The Labute approximate surface area is 124 Å². The maximum absolute atomic E-state index is 13.8. The van der Waals surface area contributed by atoms with Crippen LogP contribution in [0.1, 0.15) is 36.6 Å². The Morgan fingerprint density at radius 1 is 1.15 bits per heavy atom. The van der Waals surface area contributed by atoms with Crippen LogP contribution in [0.4, 0.5) is 4.39 Å². The third kappa shape index (κ3) is 3.59. The van der Waals surface area contributed by atoms with Crippen molar-refractivity contribution in [3.05, 3.63) is 70.0 Å². The molecule has 2 rings (SSSR count). The molecular weight excluding hydrogens is 273 g/mol. The largest absolute Gasteiger partial charge is 0.306 e. The molecule has 0 aliphatic carbocycles. The summed E-state index contributed by atoms with van der Waals surface area (Å²) >= 11 is 5.78. The fraction of sp³-hybridized carbons (Fsp3) is 0.294. The third-order valence-electron chi connectivity index (χ3n) is 3.52. The predicted molar refractivity (Wildman–Crippen MR) is 82.5 cm³/mol. The fourth-order valence-electron chi connectivity index (χ4n) is 2.11. The van der Waals surface area contributed by atoms with Crippen LogP contribution in [0.25, 0.3) is 0 Å². The van der Waals surface area contributed by atoms with Gasteiger partial charge in [0.25, 0.3) is 0 Å². The molecule has 106 valence electrons. The van der Waals surface area contributed by atoms with E-state index in [1.807, 2.05) is 0 Å². The molecule has 0 saturated carbocycles. The smallest absolute Gasteiger partial charge is 0.146 e. The first kappa shape index (κ1) is 15.0. The van der Waals surface area contributed by atoms with Gasteiger partial charge in [0.1, 0.15) is 5.82 Å². The molecule has 0 amide bonds. The standard InChI is InChI=1S/C17H19ClFN/c1-3-13-7-9-14(10-8-13)12(2)20-11-15-5-4-6-16(18)17(15)19/h4-10,12,20H,3,11H2,1-2H3. The molecule has 20 heavy (non-hydrogen) atoms. The van der Waals surface area contributed by atoms with Gasteiger partial charge in [0, 0.05) is 18.2 Å². The molecule has 0 spiro atoms. The van der Waals surface area contributed by atoms with Crippen LogP contribution in [-0.4, -0.2) is 0 Å². The molecule has 0 heterocycles. The Kier molecular flexibility index (Phi) is 5.16. The van der Waals surface area contributed by atoms with Crippen molar-refractivity contribution in [2.45, 2.75) is 32.9 Å². The van der Waals surface area contributed by atoms with Crippen molar-refractivity contribution in [3.63, 3.8) is 0 Å². The highest BCUT2D eigenvalue weighted by atomic mass is 35.5. The zero-order valence-electron chi connectivity index (χ0n) is 11.8. The lowest BCUT2D eigenvalue weighted by Gasteiger charge is -2.15. The lowest BCUT2D eigenvalue weighted by Crippen LogP contribution is -2.18. The maximum atomic E-state index is 13.8. The Bertz CT molecular complexity index is 566. The van der Waals surface area contributed by atoms with E-state index in [0.29, 0.717) is 12.1 Å². The molecule has 0 saturated heterocycles. The number of aryl methyl sites for hydroxylation is 1. The Hall–Kier alpha value is -1.38. The summed E-state index contributed by atoms with van der Waals surface area (Å²) in [5, 5.41) is 3.49. The number of nitrogens with one attached hydrogen (secondary N) is 1. The molecule has 0 fully saturated rings. The van der Waals surface area contributed by atoms with Gasteiger partial charge in [-0.25, -0.2) is 4.39 Å². The van der Waals surface area contributed by atoms with Gasteiger partial charge in [-0.1, -0.05) is 54.9 Å². The first-order chi connectivity index (χ1) is 9.61. The number of halogens is 2. The van der Waals surface area contributed by atoms with Crippen molar-refractivity contribution in [1.29, 1.82) is 0 Å². The molecule has 0 aromatic heterocycles. The molecular formula is C17H19ClFN. The second-order valence-electron chi connectivity index (χ2n) is 4.91. The van der Waals surface area contributed by atoms with Crippen LogP contribution in [0.15, 0.2) is 42.5 Å². The minimum atomic E-state index is -0.338. The van der Waals surface area contributed by atoms with Gasteiger partial charge in [-0.05, 0) is 30.5 Å². The van der Waals surface area contributed by atoms with Gasteiger partial charge in [-0.15, -0.1) is 0 Å². The lowest BCUT2D eigenvalue weighted by molar-refractivity contribution is 0.544. The average Bonchev–Trinajstić information content (AvgIpc) is 2.48. The summed E-state index contributed by atoms with van der Waals surface area (Å²) in [5.41, 5.74) is 3.11. The zero-order valence-corrected chi connectivity index (χ0v) is 12.5. The van der Waals surface area contributed by atoms with Crippen molar-refractivity contribution < 1.29 is 4.39 Å². The number of benzene rings is 2. The molecule has 1 nitrogen and oxygen atoms in total. The number of hydrogen-bond donors (Lipinski definition) is 1. The summed E-state index contributed by atoms with van der Waals surface area (Å²) in [6, 6.07) is 13.7. The van der Waals surface area contributed by atoms with Crippen LogP contribution < -0.4 is 5.32 Å². The van der Waals surface area contributed by atoms with Crippen LogP contribution in [0.5, 0.6) is 0 Å². The molecule has 2 aromatic carbocycles. The van der Waals surface area contributed by atoms with Crippen molar-refractivity contribution in [3.8, 4) is 0 Å².